The van der Waals surface area contributed by atoms with Crippen LogP contribution in [0.25, 0.3) is 0 Å². The number of rotatable bonds is 5. The molecular formula is C12H22N2O2S. The first-order chi connectivity index (χ1) is 7.93. The zero-order chi connectivity index (χ0) is 12.9. The van der Waals surface area contributed by atoms with Crippen LogP contribution in [0.1, 0.15) is 46.0 Å². The third-order valence-corrected chi connectivity index (χ3v) is 4.92. The molecule has 0 atom stereocenters. The maximum absolute atomic E-state index is 11.8. The van der Waals surface area contributed by atoms with Gasteiger partial charge in [0.1, 0.15) is 0 Å². The van der Waals surface area contributed by atoms with Crippen molar-refractivity contribution in [1.82, 2.24) is 4.72 Å². The number of nitrogens with zero attached hydrogens (tertiary/aromatic N) is 1. The van der Waals surface area contributed by atoms with Gasteiger partial charge in [0, 0.05) is 12.5 Å². The maximum atomic E-state index is 11.8. The highest BCUT2D eigenvalue weighted by Crippen LogP contribution is 2.26. The largest absolute Gasteiger partial charge is 0.212 e. The Morgan fingerprint density at radius 1 is 1.29 bits per heavy atom. The molecule has 1 saturated carbocycles. The molecule has 0 aliphatic heterocycles. The van der Waals surface area contributed by atoms with E-state index in [0.29, 0.717) is 12.3 Å². The van der Waals surface area contributed by atoms with E-state index in [0.717, 1.165) is 25.7 Å². The third kappa shape index (κ3) is 5.51. The quantitative estimate of drug-likeness (QED) is 0.820. The van der Waals surface area contributed by atoms with Gasteiger partial charge in [0.25, 0.3) is 0 Å². The lowest BCUT2D eigenvalue weighted by Gasteiger charge is -2.27. The molecule has 98 valence electrons. The van der Waals surface area contributed by atoms with Gasteiger partial charge in [-0.05, 0) is 37.5 Å². The Bertz CT molecular complexity index is 362. The lowest BCUT2D eigenvalue weighted by molar-refractivity contribution is 0.316. The highest BCUT2D eigenvalue weighted by molar-refractivity contribution is 7.89. The van der Waals surface area contributed by atoms with Crippen LogP contribution in [0.2, 0.25) is 0 Å². The fraction of sp³-hybridized carbons (Fsp3) is 0.917. The van der Waals surface area contributed by atoms with Gasteiger partial charge in [-0.3, -0.25) is 0 Å². The second-order valence-electron chi connectivity index (χ2n) is 5.37. The molecule has 1 N–H and O–H groups in total. The van der Waals surface area contributed by atoms with Gasteiger partial charge in [0.15, 0.2) is 0 Å². The van der Waals surface area contributed by atoms with Gasteiger partial charge in [0.2, 0.25) is 10.0 Å². The minimum Gasteiger partial charge on any atom is -0.212 e. The zero-order valence-electron chi connectivity index (χ0n) is 10.6. The molecular weight excluding hydrogens is 236 g/mol. The fourth-order valence-electron chi connectivity index (χ4n) is 2.35. The topological polar surface area (TPSA) is 70.0 Å². The molecule has 0 aromatic heterocycles. The molecule has 0 saturated heterocycles. The summed E-state index contributed by atoms with van der Waals surface area (Å²) in [4.78, 5) is 0. The summed E-state index contributed by atoms with van der Waals surface area (Å²) in [5.41, 5.74) is 0. The molecule has 4 nitrogen and oxygen atoms in total. The van der Waals surface area contributed by atoms with Crippen molar-refractivity contribution in [3.8, 4) is 6.07 Å². The van der Waals surface area contributed by atoms with Crippen LogP contribution in [0.3, 0.4) is 0 Å². The van der Waals surface area contributed by atoms with Crippen LogP contribution < -0.4 is 4.72 Å². The summed E-state index contributed by atoms with van der Waals surface area (Å²) in [7, 11) is -3.13. The summed E-state index contributed by atoms with van der Waals surface area (Å²) in [5, 5.41) is 8.61. The maximum Gasteiger partial charge on any atom is 0.212 e. The normalized spacial score (nSPS) is 25.8. The molecule has 5 heteroatoms. The summed E-state index contributed by atoms with van der Waals surface area (Å²) in [6.07, 6.45) is 4.25. The number of hydrogen-bond acceptors (Lipinski definition) is 3. The predicted molar refractivity (Wildman–Crippen MR) is 67.7 cm³/mol. The monoisotopic (exact) mass is 258 g/mol. The second kappa shape index (κ2) is 6.36. The van der Waals surface area contributed by atoms with E-state index in [4.69, 9.17) is 5.26 Å². The van der Waals surface area contributed by atoms with Crippen molar-refractivity contribution in [3.05, 3.63) is 0 Å². The van der Waals surface area contributed by atoms with E-state index in [1.54, 1.807) is 0 Å². The first-order valence-electron chi connectivity index (χ1n) is 6.30. The molecule has 0 radical (unpaired) electrons. The molecule has 1 aliphatic rings. The summed E-state index contributed by atoms with van der Waals surface area (Å²) in [6.45, 7) is 3.81. The van der Waals surface area contributed by atoms with E-state index in [1.807, 2.05) is 13.8 Å². The van der Waals surface area contributed by atoms with E-state index in [1.165, 1.54) is 0 Å². The van der Waals surface area contributed by atoms with Crippen LogP contribution in [0.5, 0.6) is 0 Å². The van der Waals surface area contributed by atoms with Crippen LogP contribution in [0.4, 0.5) is 0 Å². The van der Waals surface area contributed by atoms with E-state index < -0.39 is 10.0 Å². The number of sulfonamides is 1. The number of nitriles is 1. The van der Waals surface area contributed by atoms with Crippen molar-refractivity contribution >= 4 is 10.0 Å². The van der Waals surface area contributed by atoms with Gasteiger partial charge < -0.3 is 0 Å². The molecule has 0 unspecified atom stereocenters. The van der Waals surface area contributed by atoms with Crippen molar-refractivity contribution in [2.24, 2.45) is 11.8 Å². The summed E-state index contributed by atoms with van der Waals surface area (Å²) >= 11 is 0. The van der Waals surface area contributed by atoms with E-state index in [-0.39, 0.29) is 17.7 Å². The Hall–Kier alpha value is -0.600. The first kappa shape index (κ1) is 14.5. The van der Waals surface area contributed by atoms with E-state index in [2.05, 4.69) is 10.8 Å². The zero-order valence-corrected chi connectivity index (χ0v) is 11.5. The van der Waals surface area contributed by atoms with Gasteiger partial charge in [-0.1, -0.05) is 13.8 Å². The summed E-state index contributed by atoms with van der Waals surface area (Å²) in [6, 6.07) is 2.27. The molecule has 1 fully saturated rings. The molecule has 0 bridgehead atoms. The smallest absolute Gasteiger partial charge is 0.212 e. The van der Waals surface area contributed by atoms with Crippen molar-refractivity contribution < 1.29 is 8.42 Å². The average Bonchev–Trinajstić information content (AvgIpc) is 2.18. The number of hydrogen-bond donors (Lipinski definition) is 1. The fourth-order valence-corrected chi connectivity index (χ4v) is 4.07. The van der Waals surface area contributed by atoms with Gasteiger partial charge in [-0.25, -0.2) is 13.1 Å². The van der Waals surface area contributed by atoms with E-state index >= 15 is 0 Å². The Balaban J connectivity index is 2.38. The number of nitrogens with one attached hydrogen (secondary N) is 1. The van der Waals surface area contributed by atoms with Crippen molar-refractivity contribution in [2.45, 2.75) is 52.0 Å². The molecule has 0 heterocycles. The summed E-state index contributed by atoms with van der Waals surface area (Å²) < 4.78 is 26.3. The van der Waals surface area contributed by atoms with Crippen molar-refractivity contribution in [2.75, 3.05) is 5.75 Å². The lowest BCUT2D eigenvalue weighted by atomic mass is 9.85. The minimum atomic E-state index is -3.13. The highest BCUT2D eigenvalue weighted by atomic mass is 32.2. The molecule has 0 amide bonds. The van der Waals surface area contributed by atoms with Crippen LogP contribution in [0.15, 0.2) is 0 Å². The molecule has 1 rings (SSSR count). The molecule has 1 aliphatic carbocycles. The van der Waals surface area contributed by atoms with Crippen LogP contribution in [-0.2, 0) is 10.0 Å². The molecule has 17 heavy (non-hydrogen) atoms. The Labute approximate surface area is 104 Å². The average molecular weight is 258 g/mol. The van der Waals surface area contributed by atoms with Crippen molar-refractivity contribution in [3.63, 3.8) is 0 Å². The van der Waals surface area contributed by atoms with Crippen LogP contribution >= 0.6 is 0 Å². The van der Waals surface area contributed by atoms with E-state index in [9.17, 15) is 8.42 Å². The van der Waals surface area contributed by atoms with Gasteiger partial charge in [0.05, 0.1) is 11.8 Å². The Kier molecular flexibility index (Phi) is 5.41. The second-order valence-corrected chi connectivity index (χ2v) is 7.17. The first-order valence-corrected chi connectivity index (χ1v) is 7.95. The van der Waals surface area contributed by atoms with Crippen LogP contribution in [-0.4, -0.2) is 20.2 Å². The molecule has 0 aromatic carbocycles. The minimum absolute atomic E-state index is 0.0775. The molecule has 0 spiro atoms. The highest BCUT2D eigenvalue weighted by Gasteiger charge is 2.24. The van der Waals surface area contributed by atoms with Gasteiger partial charge in [-0.2, -0.15) is 5.26 Å². The summed E-state index contributed by atoms with van der Waals surface area (Å²) in [5.74, 6) is 0.818. The SMILES string of the molecule is CC(C)CS(=O)(=O)NC1CCC(CC#N)CC1. The molecule has 0 aromatic rings. The van der Waals surface area contributed by atoms with Gasteiger partial charge >= 0.3 is 0 Å². The third-order valence-electron chi connectivity index (χ3n) is 3.13. The standard InChI is InChI=1S/C12H22N2O2S/c1-10(2)9-17(15,16)14-12-5-3-11(4-6-12)7-8-13/h10-12,14H,3-7,9H2,1-2H3. The van der Waals surface area contributed by atoms with Gasteiger partial charge in [-0.15, -0.1) is 0 Å². The Morgan fingerprint density at radius 3 is 2.35 bits per heavy atom. The Morgan fingerprint density at radius 2 is 1.88 bits per heavy atom. The van der Waals surface area contributed by atoms with Crippen molar-refractivity contribution in [1.29, 1.82) is 5.26 Å². The lowest BCUT2D eigenvalue weighted by Crippen LogP contribution is -2.39. The predicted octanol–water partition coefficient (Wildman–Crippen LogP) is 2.03. The van der Waals surface area contributed by atoms with Crippen LogP contribution in [0, 0.1) is 23.2 Å².